The van der Waals surface area contributed by atoms with Crippen LogP contribution in [-0.4, -0.2) is 42.6 Å². The number of rotatable bonds is 10. The molecule has 1 aliphatic rings. The largest absolute Gasteiger partial charge is 0.491 e. The molecule has 0 saturated carbocycles. The third kappa shape index (κ3) is 4.88. The maximum absolute atomic E-state index is 13.1. The van der Waals surface area contributed by atoms with Gasteiger partial charge in [0.15, 0.2) is 11.5 Å². The van der Waals surface area contributed by atoms with Gasteiger partial charge >= 0.3 is 0 Å². The van der Waals surface area contributed by atoms with Crippen LogP contribution in [-0.2, 0) is 9.59 Å². The van der Waals surface area contributed by atoms with E-state index in [-0.39, 0.29) is 30.2 Å². The monoisotopic (exact) mass is 438 g/mol. The summed E-state index contributed by atoms with van der Waals surface area (Å²) in [5.41, 5.74) is 1.85. The molecule has 2 aromatic carbocycles. The molecule has 0 atom stereocenters. The molecular weight excluding hydrogens is 408 g/mol. The Bertz CT molecular complexity index is 1010. The SMILES string of the molecule is CCOc1ccc(NC2=C(c3ccc(OC(C)C)cc3)C(=O)N(CC)C2=O)cc1OCC. The Hall–Kier alpha value is -3.48. The molecule has 0 spiro atoms. The van der Waals surface area contributed by atoms with E-state index in [0.717, 1.165) is 0 Å². The molecule has 0 radical (unpaired) electrons. The molecule has 0 saturated heterocycles. The van der Waals surface area contributed by atoms with Gasteiger partial charge in [0.1, 0.15) is 11.4 Å². The molecule has 0 aromatic heterocycles. The first-order valence-electron chi connectivity index (χ1n) is 10.9. The van der Waals surface area contributed by atoms with Crippen molar-refractivity contribution in [3.05, 3.63) is 53.7 Å². The maximum atomic E-state index is 13.1. The van der Waals surface area contributed by atoms with Gasteiger partial charge in [-0.25, -0.2) is 0 Å². The molecule has 2 aromatic rings. The van der Waals surface area contributed by atoms with Gasteiger partial charge in [0.25, 0.3) is 11.8 Å². The molecular formula is C25H30N2O5. The van der Waals surface area contributed by atoms with Gasteiger partial charge in [0.05, 0.1) is 24.9 Å². The zero-order chi connectivity index (χ0) is 23.3. The second-order valence-corrected chi connectivity index (χ2v) is 7.45. The van der Waals surface area contributed by atoms with Crippen LogP contribution in [0.4, 0.5) is 5.69 Å². The Morgan fingerprint density at radius 1 is 0.875 bits per heavy atom. The first-order chi connectivity index (χ1) is 15.4. The van der Waals surface area contributed by atoms with Gasteiger partial charge in [-0.15, -0.1) is 0 Å². The summed E-state index contributed by atoms with van der Waals surface area (Å²) in [5.74, 6) is 1.21. The van der Waals surface area contributed by atoms with Crippen LogP contribution in [0.3, 0.4) is 0 Å². The van der Waals surface area contributed by atoms with E-state index in [9.17, 15) is 9.59 Å². The highest BCUT2D eigenvalue weighted by molar-refractivity contribution is 6.36. The number of nitrogens with one attached hydrogen (secondary N) is 1. The molecule has 0 unspecified atom stereocenters. The van der Waals surface area contributed by atoms with Crippen molar-refractivity contribution in [1.29, 1.82) is 0 Å². The fourth-order valence-electron chi connectivity index (χ4n) is 3.49. The number of amides is 2. The van der Waals surface area contributed by atoms with E-state index in [4.69, 9.17) is 14.2 Å². The molecule has 1 N–H and O–H groups in total. The summed E-state index contributed by atoms with van der Waals surface area (Å²) in [4.78, 5) is 27.3. The first-order valence-corrected chi connectivity index (χ1v) is 10.9. The number of benzene rings is 2. The van der Waals surface area contributed by atoms with Crippen LogP contribution < -0.4 is 19.5 Å². The zero-order valence-electron chi connectivity index (χ0n) is 19.2. The summed E-state index contributed by atoms with van der Waals surface area (Å²) < 4.78 is 17.0. The molecule has 1 heterocycles. The number of hydrogen-bond donors (Lipinski definition) is 1. The van der Waals surface area contributed by atoms with Crippen molar-refractivity contribution in [3.63, 3.8) is 0 Å². The van der Waals surface area contributed by atoms with Crippen molar-refractivity contribution in [2.75, 3.05) is 25.1 Å². The van der Waals surface area contributed by atoms with Gasteiger partial charge in [-0.3, -0.25) is 14.5 Å². The van der Waals surface area contributed by atoms with Crippen LogP contribution in [0.15, 0.2) is 48.2 Å². The predicted molar refractivity (Wildman–Crippen MR) is 124 cm³/mol. The van der Waals surface area contributed by atoms with Crippen molar-refractivity contribution in [2.45, 2.75) is 40.7 Å². The summed E-state index contributed by atoms with van der Waals surface area (Å²) in [5, 5.41) is 3.15. The molecule has 3 rings (SSSR count). The van der Waals surface area contributed by atoms with E-state index in [0.29, 0.717) is 47.3 Å². The quantitative estimate of drug-likeness (QED) is 0.551. The van der Waals surface area contributed by atoms with E-state index in [1.54, 1.807) is 49.4 Å². The minimum absolute atomic E-state index is 0.0433. The molecule has 2 amide bonds. The average molecular weight is 439 g/mol. The number of carbonyl (C=O) groups excluding carboxylic acids is 2. The number of ether oxygens (including phenoxy) is 3. The molecule has 1 aliphatic heterocycles. The van der Waals surface area contributed by atoms with Gasteiger partial charge < -0.3 is 19.5 Å². The van der Waals surface area contributed by atoms with Crippen molar-refractivity contribution < 1.29 is 23.8 Å². The lowest BCUT2D eigenvalue weighted by atomic mass is 10.0. The summed E-state index contributed by atoms with van der Waals surface area (Å²) in [7, 11) is 0. The third-order valence-corrected chi connectivity index (χ3v) is 4.81. The van der Waals surface area contributed by atoms with Gasteiger partial charge in [0.2, 0.25) is 0 Å². The van der Waals surface area contributed by atoms with Crippen LogP contribution >= 0.6 is 0 Å². The Kier molecular flexibility index (Phi) is 7.41. The fraction of sp³-hybridized carbons (Fsp3) is 0.360. The molecule has 0 aliphatic carbocycles. The predicted octanol–water partition coefficient (Wildman–Crippen LogP) is 4.48. The molecule has 0 fully saturated rings. The maximum Gasteiger partial charge on any atom is 0.278 e. The Balaban J connectivity index is 2.00. The van der Waals surface area contributed by atoms with Crippen LogP contribution in [0.5, 0.6) is 17.2 Å². The molecule has 0 bridgehead atoms. The van der Waals surface area contributed by atoms with Crippen molar-refractivity contribution in [3.8, 4) is 17.2 Å². The molecule has 170 valence electrons. The van der Waals surface area contributed by atoms with Crippen LogP contribution in [0.25, 0.3) is 5.57 Å². The van der Waals surface area contributed by atoms with Crippen LogP contribution in [0, 0.1) is 0 Å². The Morgan fingerprint density at radius 2 is 1.53 bits per heavy atom. The number of imide groups is 1. The highest BCUT2D eigenvalue weighted by atomic mass is 16.5. The number of likely N-dealkylation sites (N-methyl/N-ethyl adjacent to an activating group) is 1. The number of anilines is 1. The second-order valence-electron chi connectivity index (χ2n) is 7.45. The summed E-state index contributed by atoms with van der Waals surface area (Å²) >= 11 is 0. The smallest absolute Gasteiger partial charge is 0.278 e. The standard InChI is InChI=1S/C25H30N2O5/c1-6-27-24(28)22(17-9-12-19(13-10-17)32-16(4)5)23(25(27)29)26-18-11-14-20(30-7-2)21(15-18)31-8-3/h9-16,26H,6-8H2,1-5H3. The number of nitrogens with zero attached hydrogens (tertiary/aromatic N) is 1. The highest BCUT2D eigenvalue weighted by Crippen LogP contribution is 2.35. The lowest BCUT2D eigenvalue weighted by Gasteiger charge is -2.14. The summed E-state index contributed by atoms with van der Waals surface area (Å²) in [6, 6.07) is 12.5. The first kappa shape index (κ1) is 23.2. The van der Waals surface area contributed by atoms with E-state index in [1.165, 1.54) is 4.90 Å². The molecule has 7 heteroatoms. The Labute approximate surface area is 189 Å². The number of carbonyl (C=O) groups is 2. The van der Waals surface area contributed by atoms with Crippen molar-refractivity contribution in [1.82, 2.24) is 4.90 Å². The van der Waals surface area contributed by atoms with Gasteiger partial charge in [0, 0.05) is 18.3 Å². The number of hydrogen-bond acceptors (Lipinski definition) is 6. The van der Waals surface area contributed by atoms with Crippen LogP contribution in [0.1, 0.15) is 40.2 Å². The van der Waals surface area contributed by atoms with Crippen molar-refractivity contribution >= 4 is 23.1 Å². The topological polar surface area (TPSA) is 77.1 Å². The van der Waals surface area contributed by atoms with Gasteiger partial charge in [-0.2, -0.15) is 0 Å². The highest BCUT2D eigenvalue weighted by Gasteiger charge is 2.38. The summed E-state index contributed by atoms with van der Waals surface area (Å²) in [6.07, 6.45) is 0.0433. The lowest BCUT2D eigenvalue weighted by molar-refractivity contribution is -0.136. The molecule has 32 heavy (non-hydrogen) atoms. The van der Waals surface area contributed by atoms with E-state index < -0.39 is 0 Å². The Morgan fingerprint density at radius 3 is 2.12 bits per heavy atom. The minimum Gasteiger partial charge on any atom is -0.491 e. The zero-order valence-corrected chi connectivity index (χ0v) is 19.2. The van der Waals surface area contributed by atoms with Gasteiger partial charge in [-0.05, 0) is 64.4 Å². The van der Waals surface area contributed by atoms with Crippen LogP contribution in [0.2, 0.25) is 0 Å². The van der Waals surface area contributed by atoms with E-state index >= 15 is 0 Å². The summed E-state index contributed by atoms with van der Waals surface area (Å²) in [6.45, 7) is 10.7. The van der Waals surface area contributed by atoms with Crippen molar-refractivity contribution in [2.24, 2.45) is 0 Å². The second kappa shape index (κ2) is 10.2. The van der Waals surface area contributed by atoms with E-state index in [2.05, 4.69) is 5.32 Å². The lowest BCUT2D eigenvalue weighted by Crippen LogP contribution is -2.32. The normalized spacial score (nSPS) is 13.8. The minimum atomic E-state index is -0.359. The van der Waals surface area contributed by atoms with Gasteiger partial charge in [-0.1, -0.05) is 12.1 Å². The fourth-order valence-corrected chi connectivity index (χ4v) is 3.49. The third-order valence-electron chi connectivity index (χ3n) is 4.81. The molecule has 7 nitrogen and oxygen atoms in total. The van der Waals surface area contributed by atoms with E-state index in [1.807, 2.05) is 27.7 Å². The average Bonchev–Trinajstić information content (AvgIpc) is 2.99.